The summed E-state index contributed by atoms with van der Waals surface area (Å²) in [6.07, 6.45) is 0. The summed E-state index contributed by atoms with van der Waals surface area (Å²) < 4.78 is 0. The Morgan fingerprint density at radius 3 is 2.00 bits per heavy atom. The Morgan fingerprint density at radius 1 is 1.07 bits per heavy atom. The lowest BCUT2D eigenvalue weighted by molar-refractivity contribution is 0.296. The highest BCUT2D eigenvalue weighted by atomic mass is 35.5. The van der Waals surface area contributed by atoms with Crippen molar-refractivity contribution in [2.45, 2.75) is 20.4 Å². The van der Waals surface area contributed by atoms with Crippen molar-refractivity contribution in [1.82, 2.24) is 4.90 Å². The molecule has 0 radical (unpaired) electrons. The number of nitrogens with zero attached hydrogens (tertiary/aromatic N) is 1. The van der Waals surface area contributed by atoms with Gasteiger partial charge in [-0.25, -0.2) is 0 Å². The maximum Gasteiger partial charge on any atom is 0.0465 e. The van der Waals surface area contributed by atoms with Crippen LogP contribution in [0.2, 0.25) is 10.0 Å². The summed E-state index contributed by atoms with van der Waals surface area (Å²) in [4.78, 5) is 2.28. The standard InChI is InChI=1S/C11H15Cl2N/c1-3-14(4-2)8-9-10(12)6-5-7-11(9)13/h5-7H,3-4,8H2,1-2H3. The SMILES string of the molecule is CCN(CC)Cc1c(Cl)cccc1Cl. The van der Waals surface area contributed by atoms with Crippen LogP contribution in [-0.2, 0) is 6.54 Å². The molecule has 0 N–H and O–H groups in total. The largest absolute Gasteiger partial charge is 0.300 e. The van der Waals surface area contributed by atoms with Gasteiger partial charge in [-0.3, -0.25) is 4.90 Å². The summed E-state index contributed by atoms with van der Waals surface area (Å²) in [7, 11) is 0. The van der Waals surface area contributed by atoms with Crippen LogP contribution in [-0.4, -0.2) is 18.0 Å². The van der Waals surface area contributed by atoms with Gasteiger partial charge in [0, 0.05) is 22.2 Å². The fraction of sp³-hybridized carbons (Fsp3) is 0.455. The zero-order valence-corrected chi connectivity index (χ0v) is 10.1. The first-order chi connectivity index (χ1) is 6.69. The maximum atomic E-state index is 6.08. The third-order valence-corrected chi connectivity index (χ3v) is 3.05. The van der Waals surface area contributed by atoms with Gasteiger partial charge in [-0.15, -0.1) is 0 Å². The second-order valence-electron chi connectivity index (χ2n) is 3.16. The molecule has 0 saturated heterocycles. The lowest BCUT2D eigenvalue weighted by Gasteiger charge is -2.19. The Balaban J connectivity index is 2.84. The van der Waals surface area contributed by atoms with Gasteiger partial charge in [0.05, 0.1) is 0 Å². The van der Waals surface area contributed by atoms with E-state index in [0.29, 0.717) is 0 Å². The van der Waals surface area contributed by atoms with Crippen LogP contribution in [0, 0.1) is 0 Å². The molecule has 0 aromatic heterocycles. The molecule has 78 valence electrons. The average molecular weight is 232 g/mol. The molecule has 0 aliphatic rings. The van der Waals surface area contributed by atoms with Gasteiger partial charge in [0.2, 0.25) is 0 Å². The van der Waals surface area contributed by atoms with Crippen LogP contribution in [0.4, 0.5) is 0 Å². The molecule has 0 fully saturated rings. The van der Waals surface area contributed by atoms with Crippen LogP contribution in [0.25, 0.3) is 0 Å². The van der Waals surface area contributed by atoms with E-state index in [4.69, 9.17) is 23.2 Å². The van der Waals surface area contributed by atoms with E-state index in [9.17, 15) is 0 Å². The lowest BCUT2D eigenvalue weighted by Crippen LogP contribution is -2.22. The van der Waals surface area contributed by atoms with Crippen molar-refractivity contribution in [1.29, 1.82) is 0 Å². The first-order valence-corrected chi connectivity index (χ1v) is 5.59. The summed E-state index contributed by atoms with van der Waals surface area (Å²) in [5.41, 5.74) is 1.03. The molecule has 0 amide bonds. The number of halogens is 2. The molecular formula is C11H15Cl2N. The Kier molecular flexibility index (Phi) is 4.73. The minimum atomic E-state index is 0.754. The molecule has 0 heterocycles. The number of rotatable bonds is 4. The monoisotopic (exact) mass is 231 g/mol. The molecule has 3 heteroatoms. The summed E-state index contributed by atoms with van der Waals surface area (Å²) in [6.45, 7) is 7.12. The van der Waals surface area contributed by atoms with Crippen LogP contribution in [0.5, 0.6) is 0 Å². The van der Waals surface area contributed by atoms with Crippen molar-refractivity contribution in [2.75, 3.05) is 13.1 Å². The Bertz CT molecular complexity index is 275. The quantitative estimate of drug-likeness (QED) is 0.762. The van der Waals surface area contributed by atoms with Gasteiger partial charge in [0.1, 0.15) is 0 Å². The highest BCUT2D eigenvalue weighted by Gasteiger charge is 2.08. The van der Waals surface area contributed by atoms with Crippen LogP contribution >= 0.6 is 23.2 Å². The van der Waals surface area contributed by atoms with Crippen molar-refractivity contribution in [3.63, 3.8) is 0 Å². The summed E-state index contributed by atoms with van der Waals surface area (Å²) >= 11 is 12.2. The summed E-state index contributed by atoms with van der Waals surface area (Å²) in [6, 6.07) is 5.63. The molecule has 1 aromatic rings. The van der Waals surface area contributed by atoms with E-state index in [-0.39, 0.29) is 0 Å². The maximum absolute atomic E-state index is 6.08. The second-order valence-corrected chi connectivity index (χ2v) is 3.98. The first kappa shape index (κ1) is 11.8. The van der Waals surface area contributed by atoms with Crippen molar-refractivity contribution in [2.24, 2.45) is 0 Å². The molecule has 1 nitrogen and oxygen atoms in total. The molecule has 1 aromatic carbocycles. The third-order valence-electron chi connectivity index (χ3n) is 2.34. The van der Waals surface area contributed by atoms with Gasteiger partial charge in [-0.05, 0) is 25.2 Å². The number of hydrogen-bond acceptors (Lipinski definition) is 1. The Morgan fingerprint density at radius 2 is 1.57 bits per heavy atom. The molecule has 1 rings (SSSR count). The third kappa shape index (κ3) is 2.88. The highest BCUT2D eigenvalue weighted by molar-refractivity contribution is 6.35. The van der Waals surface area contributed by atoms with E-state index in [0.717, 1.165) is 35.2 Å². The van der Waals surface area contributed by atoms with Gasteiger partial charge in [-0.1, -0.05) is 43.1 Å². The fourth-order valence-electron chi connectivity index (χ4n) is 1.35. The van der Waals surface area contributed by atoms with Gasteiger partial charge in [-0.2, -0.15) is 0 Å². The Hall–Kier alpha value is -0.240. The first-order valence-electron chi connectivity index (χ1n) is 4.84. The molecular weight excluding hydrogens is 217 g/mol. The van der Waals surface area contributed by atoms with Gasteiger partial charge in [0.15, 0.2) is 0 Å². The zero-order valence-electron chi connectivity index (χ0n) is 8.56. The molecule has 0 bridgehead atoms. The van der Waals surface area contributed by atoms with E-state index in [1.807, 2.05) is 18.2 Å². The van der Waals surface area contributed by atoms with Gasteiger partial charge in [0.25, 0.3) is 0 Å². The smallest absolute Gasteiger partial charge is 0.0465 e. The van der Waals surface area contributed by atoms with E-state index >= 15 is 0 Å². The van der Waals surface area contributed by atoms with Crippen molar-refractivity contribution in [3.8, 4) is 0 Å². The molecule has 0 unspecified atom stereocenters. The molecule has 14 heavy (non-hydrogen) atoms. The van der Waals surface area contributed by atoms with Crippen LogP contribution < -0.4 is 0 Å². The van der Waals surface area contributed by atoms with E-state index in [1.54, 1.807) is 0 Å². The van der Waals surface area contributed by atoms with Crippen LogP contribution in [0.3, 0.4) is 0 Å². The second kappa shape index (κ2) is 5.59. The summed E-state index contributed by atoms with van der Waals surface area (Å²) in [5, 5.41) is 1.51. The lowest BCUT2D eigenvalue weighted by atomic mass is 10.2. The number of benzene rings is 1. The van der Waals surface area contributed by atoms with E-state index < -0.39 is 0 Å². The van der Waals surface area contributed by atoms with Gasteiger partial charge < -0.3 is 0 Å². The van der Waals surface area contributed by atoms with E-state index in [2.05, 4.69) is 18.7 Å². The predicted octanol–water partition coefficient (Wildman–Crippen LogP) is 3.84. The topological polar surface area (TPSA) is 3.24 Å². The predicted molar refractivity (Wildman–Crippen MR) is 63.1 cm³/mol. The molecule has 0 aliphatic carbocycles. The van der Waals surface area contributed by atoms with Crippen molar-refractivity contribution < 1.29 is 0 Å². The van der Waals surface area contributed by atoms with Crippen LogP contribution in [0.15, 0.2) is 18.2 Å². The average Bonchev–Trinajstić information content (AvgIpc) is 2.18. The highest BCUT2D eigenvalue weighted by Crippen LogP contribution is 2.25. The Labute approximate surface area is 95.6 Å². The zero-order chi connectivity index (χ0) is 10.6. The van der Waals surface area contributed by atoms with Crippen molar-refractivity contribution in [3.05, 3.63) is 33.8 Å². The van der Waals surface area contributed by atoms with Crippen molar-refractivity contribution >= 4 is 23.2 Å². The van der Waals surface area contributed by atoms with Gasteiger partial charge >= 0.3 is 0 Å². The molecule has 0 aliphatic heterocycles. The molecule has 0 atom stereocenters. The minimum Gasteiger partial charge on any atom is -0.300 e. The molecule has 0 spiro atoms. The fourth-order valence-corrected chi connectivity index (χ4v) is 1.87. The number of hydrogen-bond donors (Lipinski definition) is 0. The normalized spacial score (nSPS) is 10.9. The minimum absolute atomic E-state index is 0.754. The molecule has 0 saturated carbocycles. The van der Waals surface area contributed by atoms with Crippen LogP contribution in [0.1, 0.15) is 19.4 Å². The van der Waals surface area contributed by atoms with E-state index in [1.165, 1.54) is 0 Å². The summed E-state index contributed by atoms with van der Waals surface area (Å²) in [5.74, 6) is 0.